The van der Waals surface area contributed by atoms with Crippen molar-refractivity contribution in [3.05, 3.63) is 58.5 Å². The van der Waals surface area contributed by atoms with Gasteiger partial charge in [-0.15, -0.1) is 0 Å². The quantitative estimate of drug-likeness (QED) is 0.619. The number of esters is 1. The second kappa shape index (κ2) is 8.64. The average Bonchev–Trinajstić information content (AvgIpc) is 3.02. The molecule has 0 radical (unpaired) electrons. The van der Waals surface area contributed by atoms with E-state index in [1.165, 1.54) is 20.3 Å². The lowest BCUT2D eigenvalue weighted by atomic mass is 10.1. The Hall–Kier alpha value is -3.55. The van der Waals surface area contributed by atoms with Crippen LogP contribution in [0.15, 0.2) is 47.3 Å². The average molecular weight is 397 g/mol. The first-order valence-corrected chi connectivity index (χ1v) is 9.24. The van der Waals surface area contributed by atoms with E-state index in [2.05, 4.69) is 5.32 Å². The predicted octanol–water partition coefficient (Wildman–Crippen LogP) is 2.65. The summed E-state index contributed by atoms with van der Waals surface area (Å²) in [6.07, 6.45) is 0.0737. The zero-order valence-electron chi connectivity index (χ0n) is 16.6. The number of ether oxygens (including phenoxy) is 2. The van der Waals surface area contributed by atoms with E-state index in [-0.39, 0.29) is 30.1 Å². The number of anilines is 1. The lowest BCUT2D eigenvalue weighted by Crippen LogP contribution is -2.26. The van der Waals surface area contributed by atoms with Gasteiger partial charge >= 0.3 is 11.7 Å². The van der Waals surface area contributed by atoms with E-state index in [1.807, 2.05) is 31.2 Å². The molecule has 3 rings (SSSR count). The molecular weight excluding hydrogens is 374 g/mol. The van der Waals surface area contributed by atoms with Gasteiger partial charge in [0, 0.05) is 19.5 Å². The van der Waals surface area contributed by atoms with Gasteiger partial charge in [0.1, 0.15) is 5.75 Å². The van der Waals surface area contributed by atoms with E-state index in [9.17, 15) is 14.4 Å². The van der Waals surface area contributed by atoms with Crippen molar-refractivity contribution in [1.29, 1.82) is 0 Å². The van der Waals surface area contributed by atoms with Crippen molar-refractivity contribution in [2.24, 2.45) is 0 Å². The van der Waals surface area contributed by atoms with Gasteiger partial charge in [-0.05, 0) is 37.3 Å². The predicted molar refractivity (Wildman–Crippen MR) is 109 cm³/mol. The van der Waals surface area contributed by atoms with Crippen LogP contribution in [0, 0.1) is 0 Å². The fourth-order valence-electron chi connectivity index (χ4n) is 3.26. The number of methoxy groups -OCH3 is 2. The van der Waals surface area contributed by atoms with Gasteiger partial charge in [-0.25, -0.2) is 9.59 Å². The Balaban J connectivity index is 1.80. The van der Waals surface area contributed by atoms with Gasteiger partial charge in [-0.1, -0.05) is 12.1 Å². The van der Waals surface area contributed by atoms with Gasteiger partial charge in [0.15, 0.2) is 0 Å². The van der Waals surface area contributed by atoms with Crippen molar-refractivity contribution in [2.45, 2.75) is 26.4 Å². The maximum absolute atomic E-state index is 12.7. The number of nitrogens with zero attached hydrogens (tertiary/aromatic N) is 2. The Labute approximate surface area is 167 Å². The lowest BCUT2D eigenvalue weighted by Gasteiger charge is -2.11. The van der Waals surface area contributed by atoms with Gasteiger partial charge < -0.3 is 14.8 Å². The van der Waals surface area contributed by atoms with E-state index in [0.717, 1.165) is 11.0 Å². The first-order chi connectivity index (χ1) is 14.0. The molecule has 0 bridgehead atoms. The molecule has 0 saturated carbocycles. The normalized spacial score (nSPS) is 10.7. The molecule has 0 fully saturated rings. The van der Waals surface area contributed by atoms with Crippen LogP contribution in [0.5, 0.6) is 5.75 Å². The first kappa shape index (κ1) is 20.2. The molecule has 0 aliphatic heterocycles. The second-order valence-corrected chi connectivity index (χ2v) is 6.37. The molecule has 8 heteroatoms. The van der Waals surface area contributed by atoms with Gasteiger partial charge in [0.05, 0.1) is 36.5 Å². The van der Waals surface area contributed by atoms with Crippen LogP contribution in [-0.2, 0) is 22.6 Å². The Morgan fingerprint density at radius 2 is 1.72 bits per heavy atom. The fourth-order valence-corrected chi connectivity index (χ4v) is 3.26. The smallest absolute Gasteiger partial charge is 0.340 e. The number of nitrogens with one attached hydrogen (secondary N) is 1. The number of aryl methyl sites for hydroxylation is 2. The maximum atomic E-state index is 12.7. The molecule has 0 aliphatic carbocycles. The van der Waals surface area contributed by atoms with Crippen LogP contribution in [-0.4, -0.2) is 35.2 Å². The van der Waals surface area contributed by atoms with Gasteiger partial charge in [0.25, 0.3) is 0 Å². The third kappa shape index (κ3) is 4.01. The number of carbonyl (C=O) groups excluding carboxylic acids is 2. The van der Waals surface area contributed by atoms with E-state index in [0.29, 0.717) is 18.0 Å². The summed E-state index contributed by atoms with van der Waals surface area (Å²) < 4.78 is 13.2. The number of aromatic nitrogens is 2. The number of para-hydroxylation sites is 2. The largest absolute Gasteiger partial charge is 0.497 e. The number of fused-ring (bicyclic) bond motifs is 1. The van der Waals surface area contributed by atoms with Crippen molar-refractivity contribution < 1.29 is 19.1 Å². The van der Waals surface area contributed by atoms with Crippen LogP contribution in [0.3, 0.4) is 0 Å². The molecule has 1 amide bonds. The Morgan fingerprint density at radius 1 is 1.03 bits per heavy atom. The van der Waals surface area contributed by atoms with Crippen molar-refractivity contribution in [1.82, 2.24) is 9.13 Å². The topological polar surface area (TPSA) is 91.6 Å². The molecule has 0 aliphatic rings. The number of amides is 1. The summed E-state index contributed by atoms with van der Waals surface area (Å²) in [5.41, 5.74) is 1.99. The molecule has 1 N–H and O–H groups in total. The molecule has 152 valence electrons. The highest BCUT2D eigenvalue weighted by Crippen LogP contribution is 2.23. The zero-order chi connectivity index (χ0) is 21.0. The highest BCUT2D eigenvalue weighted by molar-refractivity contribution is 6.01. The van der Waals surface area contributed by atoms with Crippen LogP contribution in [0.1, 0.15) is 23.7 Å². The standard InChI is InChI=1S/C21H23N3O5/c1-4-23-17-7-5-6-8-18(17)24(21(23)27)12-11-19(25)22-16-10-9-14(28-2)13-15(16)20(26)29-3/h5-10,13H,4,11-12H2,1-3H3,(H,22,25). The number of benzene rings is 2. The van der Waals surface area contributed by atoms with Gasteiger partial charge in [-0.2, -0.15) is 0 Å². The summed E-state index contributed by atoms with van der Waals surface area (Å²) in [4.78, 5) is 37.2. The SMILES string of the molecule is CCn1c(=O)n(CCC(=O)Nc2ccc(OC)cc2C(=O)OC)c2ccccc21. The molecule has 1 aromatic heterocycles. The minimum Gasteiger partial charge on any atom is -0.497 e. The third-order valence-electron chi connectivity index (χ3n) is 4.71. The summed E-state index contributed by atoms with van der Waals surface area (Å²) in [6, 6.07) is 12.2. The minimum absolute atomic E-state index is 0.0737. The summed E-state index contributed by atoms with van der Waals surface area (Å²) >= 11 is 0. The Bertz CT molecular complexity index is 1110. The summed E-state index contributed by atoms with van der Waals surface area (Å²) in [7, 11) is 2.75. The first-order valence-electron chi connectivity index (χ1n) is 9.24. The van der Waals surface area contributed by atoms with Crippen LogP contribution in [0.25, 0.3) is 11.0 Å². The molecule has 0 unspecified atom stereocenters. The molecule has 8 nitrogen and oxygen atoms in total. The molecular formula is C21H23N3O5. The minimum atomic E-state index is -0.582. The van der Waals surface area contributed by atoms with Crippen molar-refractivity contribution in [3.63, 3.8) is 0 Å². The van der Waals surface area contributed by atoms with Gasteiger partial charge in [-0.3, -0.25) is 13.9 Å². The number of imidazole rings is 1. The molecule has 0 atom stereocenters. The highest BCUT2D eigenvalue weighted by atomic mass is 16.5. The Kier molecular flexibility index (Phi) is 6.01. The van der Waals surface area contributed by atoms with E-state index < -0.39 is 5.97 Å². The van der Waals surface area contributed by atoms with Crippen molar-refractivity contribution in [2.75, 3.05) is 19.5 Å². The number of rotatable bonds is 7. The van der Waals surface area contributed by atoms with Crippen molar-refractivity contribution in [3.8, 4) is 5.75 Å². The maximum Gasteiger partial charge on any atom is 0.340 e. The molecule has 29 heavy (non-hydrogen) atoms. The van der Waals surface area contributed by atoms with Crippen LogP contribution in [0.4, 0.5) is 5.69 Å². The number of hydrogen-bond acceptors (Lipinski definition) is 5. The monoisotopic (exact) mass is 397 g/mol. The fraction of sp³-hybridized carbons (Fsp3) is 0.286. The summed E-state index contributed by atoms with van der Waals surface area (Å²) in [5, 5.41) is 2.72. The molecule has 1 heterocycles. The summed E-state index contributed by atoms with van der Waals surface area (Å²) in [6.45, 7) is 2.68. The second-order valence-electron chi connectivity index (χ2n) is 6.37. The Morgan fingerprint density at radius 3 is 2.34 bits per heavy atom. The van der Waals surface area contributed by atoms with Crippen LogP contribution >= 0.6 is 0 Å². The zero-order valence-corrected chi connectivity index (χ0v) is 16.6. The molecule has 0 saturated heterocycles. The number of hydrogen-bond donors (Lipinski definition) is 1. The lowest BCUT2D eigenvalue weighted by molar-refractivity contribution is -0.116. The molecule has 3 aromatic rings. The van der Waals surface area contributed by atoms with E-state index >= 15 is 0 Å². The van der Waals surface area contributed by atoms with Crippen LogP contribution in [0.2, 0.25) is 0 Å². The molecule has 0 spiro atoms. The van der Waals surface area contributed by atoms with E-state index in [1.54, 1.807) is 21.3 Å². The highest BCUT2D eigenvalue weighted by Gasteiger charge is 2.17. The number of carbonyl (C=O) groups is 2. The van der Waals surface area contributed by atoms with Crippen LogP contribution < -0.4 is 15.7 Å². The third-order valence-corrected chi connectivity index (χ3v) is 4.71. The van der Waals surface area contributed by atoms with E-state index in [4.69, 9.17) is 9.47 Å². The van der Waals surface area contributed by atoms with Gasteiger partial charge in [0.2, 0.25) is 5.91 Å². The van der Waals surface area contributed by atoms with Crippen molar-refractivity contribution >= 4 is 28.6 Å². The summed E-state index contributed by atoms with van der Waals surface area (Å²) in [5.74, 6) is -0.427. The molecule has 2 aromatic carbocycles.